The highest BCUT2D eigenvalue weighted by atomic mass is 32.1. The van der Waals surface area contributed by atoms with Crippen molar-refractivity contribution in [3.63, 3.8) is 0 Å². The molecule has 1 atom stereocenters. The zero-order chi connectivity index (χ0) is 13.6. The first-order chi connectivity index (χ1) is 9.04. The average molecular weight is 277 g/mol. The molecule has 3 rings (SSSR count). The molecule has 3 N–H and O–H groups in total. The van der Waals surface area contributed by atoms with Gasteiger partial charge in [-0.05, 0) is 19.4 Å². The molecule has 2 aromatic heterocycles. The SMILES string of the molecule is Cc1cc2c(NC3CCN(C)C3=O)nc(N)nc2s1. The summed E-state index contributed by atoms with van der Waals surface area (Å²) in [7, 11) is 1.81. The van der Waals surface area contributed by atoms with E-state index < -0.39 is 0 Å². The molecule has 3 heterocycles. The largest absolute Gasteiger partial charge is 0.368 e. The Kier molecular flexibility index (Phi) is 2.78. The Morgan fingerprint density at radius 2 is 2.32 bits per heavy atom. The third-order valence-electron chi connectivity index (χ3n) is 3.27. The summed E-state index contributed by atoms with van der Waals surface area (Å²) in [5.74, 6) is 0.980. The molecule has 0 aliphatic carbocycles. The summed E-state index contributed by atoms with van der Waals surface area (Å²) < 4.78 is 0. The molecule has 100 valence electrons. The van der Waals surface area contributed by atoms with Gasteiger partial charge in [-0.2, -0.15) is 4.98 Å². The van der Waals surface area contributed by atoms with Crippen LogP contribution in [0.15, 0.2) is 6.07 Å². The van der Waals surface area contributed by atoms with Crippen LogP contribution in [0.4, 0.5) is 11.8 Å². The molecule has 1 aliphatic heterocycles. The molecule has 1 saturated heterocycles. The van der Waals surface area contributed by atoms with Crippen LogP contribution in [0.1, 0.15) is 11.3 Å². The number of hydrogen-bond acceptors (Lipinski definition) is 6. The standard InChI is InChI=1S/C12H15N5OS/c1-6-5-7-9(15-12(13)16-10(7)19-6)14-8-3-4-17(2)11(8)18/h5,8H,3-4H2,1-2H3,(H3,13,14,15,16). The molecule has 6 nitrogen and oxygen atoms in total. The zero-order valence-electron chi connectivity index (χ0n) is 10.8. The van der Waals surface area contributed by atoms with E-state index in [4.69, 9.17) is 5.73 Å². The first-order valence-electron chi connectivity index (χ1n) is 6.10. The lowest BCUT2D eigenvalue weighted by Gasteiger charge is -2.13. The van der Waals surface area contributed by atoms with Gasteiger partial charge in [-0.1, -0.05) is 0 Å². The van der Waals surface area contributed by atoms with Gasteiger partial charge in [0.15, 0.2) is 0 Å². The van der Waals surface area contributed by atoms with Gasteiger partial charge in [0.1, 0.15) is 16.7 Å². The second-order valence-electron chi connectivity index (χ2n) is 4.75. The number of aryl methyl sites for hydroxylation is 1. The van der Waals surface area contributed by atoms with Gasteiger partial charge in [-0.25, -0.2) is 4.98 Å². The minimum atomic E-state index is -0.220. The summed E-state index contributed by atoms with van der Waals surface area (Å²) in [6, 6.07) is 1.80. The molecular weight excluding hydrogens is 262 g/mol. The number of hydrogen-bond donors (Lipinski definition) is 2. The second kappa shape index (κ2) is 4.34. The maximum atomic E-state index is 11.9. The number of amides is 1. The van der Waals surface area contributed by atoms with Crippen LogP contribution in [0.3, 0.4) is 0 Å². The maximum Gasteiger partial charge on any atom is 0.244 e. The first kappa shape index (κ1) is 12.2. The lowest BCUT2D eigenvalue weighted by Crippen LogP contribution is -2.31. The Labute approximate surface area is 114 Å². The van der Waals surface area contributed by atoms with Crippen molar-refractivity contribution in [2.45, 2.75) is 19.4 Å². The lowest BCUT2D eigenvalue weighted by molar-refractivity contribution is -0.127. The van der Waals surface area contributed by atoms with Crippen molar-refractivity contribution in [2.75, 3.05) is 24.6 Å². The van der Waals surface area contributed by atoms with E-state index in [1.54, 1.807) is 16.2 Å². The number of likely N-dealkylation sites (tertiary alicyclic amines) is 1. The summed E-state index contributed by atoms with van der Waals surface area (Å²) in [4.78, 5) is 24.1. The van der Waals surface area contributed by atoms with Crippen LogP contribution in [0.5, 0.6) is 0 Å². The summed E-state index contributed by atoms with van der Waals surface area (Å²) in [6.45, 7) is 2.78. The molecule has 2 aromatic rings. The van der Waals surface area contributed by atoms with Gasteiger partial charge in [0.25, 0.3) is 0 Å². The minimum Gasteiger partial charge on any atom is -0.368 e. The number of nitrogen functional groups attached to an aromatic ring is 1. The molecular formula is C12H15N5OS. The van der Waals surface area contributed by atoms with E-state index in [-0.39, 0.29) is 17.9 Å². The molecule has 0 spiro atoms. The quantitative estimate of drug-likeness (QED) is 0.862. The van der Waals surface area contributed by atoms with E-state index >= 15 is 0 Å². The number of nitrogens with zero attached hydrogens (tertiary/aromatic N) is 3. The number of fused-ring (bicyclic) bond motifs is 1. The number of carbonyl (C=O) groups is 1. The zero-order valence-corrected chi connectivity index (χ0v) is 11.6. The normalized spacial score (nSPS) is 19.4. The number of thiophene rings is 1. The van der Waals surface area contributed by atoms with Crippen LogP contribution in [0.2, 0.25) is 0 Å². The van der Waals surface area contributed by atoms with Crippen LogP contribution in [0.25, 0.3) is 10.2 Å². The third-order valence-corrected chi connectivity index (χ3v) is 4.22. The Bertz CT molecular complexity index is 653. The highest BCUT2D eigenvalue weighted by Crippen LogP contribution is 2.30. The third kappa shape index (κ3) is 2.10. The van der Waals surface area contributed by atoms with E-state index in [0.717, 1.165) is 28.1 Å². The molecule has 0 aromatic carbocycles. The number of nitrogens with two attached hydrogens (primary N) is 1. The topological polar surface area (TPSA) is 84.1 Å². The van der Waals surface area contributed by atoms with Crippen molar-refractivity contribution < 1.29 is 4.79 Å². The summed E-state index contributed by atoms with van der Waals surface area (Å²) >= 11 is 1.57. The van der Waals surface area contributed by atoms with Gasteiger partial charge >= 0.3 is 0 Å². The van der Waals surface area contributed by atoms with E-state index in [1.807, 2.05) is 20.0 Å². The van der Waals surface area contributed by atoms with Gasteiger partial charge < -0.3 is 16.0 Å². The monoisotopic (exact) mass is 277 g/mol. The van der Waals surface area contributed by atoms with Crippen molar-refractivity contribution in [3.8, 4) is 0 Å². The van der Waals surface area contributed by atoms with Gasteiger partial charge in [0, 0.05) is 18.5 Å². The van der Waals surface area contributed by atoms with Crippen molar-refractivity contribution in [1.82, 2.24) is 14.9 Å². The van der Waals surface area contributed by atoms with Crippen molar-refractivity contribution >= 4 is 39.2 Å². The molecule has 1 fully saturated rings. The fraction of sp³-hybridized carbons (Fsp3) is 0.417. The van der Waals surface area contributed by atoms with E-state index in [9.17, 15) is 4.79 Å². The van der Waals surface area contributed by atoms with Crippen molar-refractivity contribution in [3.05, 3.63) is 10.9 Å². The smallest absolute Gasteiger partial charge is 0.244 e. The van der Waals surface area contributed by atoms with Crippen LogP contribution in [-0.2, 0) is 4.79 Å². The molecule has 7 heteroatoms. The van der Waals surface area contributed by atoms with Crippen molar-refractivity contribution in [1.29, 1.82) is 0 Å². The predicted octanol–water partition coefficient (Wildman–Crippen LogP) is 1.22. The number of likely N-dealkylation sites (N-methyl/N-ethyl adjacent to an activating group) is 1. The summed E-state index contributed by atoms with van der Waals surface area (Å²) in [5.41, 5.74) is 5.72. The molecule has 19 heavy (non-hydrogen) atoms. The fourth-order valence-corrected chi connectivity index (χ4v) is 3.18. The predicted molar refractivity (Wildman–Crippen MR) is 76.2 cm³/mol. The molecule has 1 aliphatic rings. The van der Waals surface area contributed by atoms with Crippen LogP contribution in [0, 0.1) is 6.92 Å². The Balaban J connectivity index is 1.98. The Morgan fingerprint density at radius 3 is 3.00 bits per heavy atom. The number of rotatable bonds is 2. The van der Waals surface area contributed by atoms with Gasteiger partial charge in [0.2, 0.25) is 11.9 Å². The highest BCUT2D eigenvalue weighted by molar-refractivity contribution is 7.18. The van der Waals surface area contributed by atoms with Crippen LogP contribution < -0.4 is 11.1 Å². The average Bonchev–Trinajstić information content (AvgIpc) is 2.86. The molecule has 0 radical (unpaired) electrons. The minimum absolute atomic E-state index is 0.0947. The first-order valence-corrected chi connectivity index (χ1v) is 6.91. The number of nitrogens with one attached hydrogen (secondary N) is 1. The summed E-state index contributed by atoms with van der Waals surface area (Å²) in [5, 5.41) is 4.13. The highest BCUT2D eigenvalue weighted by Gasteiger charge is 2.29. The van der Waals surface area contributed by atoms with Gasteiger partial charge in [0.05, 0.1) is 5.39 Å². The molecule has 0 bridgehead atoms. The fourth-order valence-electron chi connectivity index (χ4n) is 2.29. The van der Waals surface area contributed by atoms with E-state index in [0.29, 0.717) is 5.82 Å². The molecule has 0 saturated carbocycles. The number of anilines is 2. The maximum absolute atomic E-state index is 11.9. The lowest BCUT2D eigenvalue weighted by atomic mass is 10.2. The van der Waals surface area contributed by atoms with Crippen molar-refractivity contribution in [2.24, 2.45) is 0 Å². The molecule has 1 amide bonds. The van der Waals surface area contributed by atoms with Gasteiger partial charge in [-0.3, -0.25) is 4.79 Å². The Morgan fingerprint density at radius 1 is 1.53 bits per heavy atom. The number of carbonyl (C=O) groups excluding carboxylic acids is 1. The number of aromatic nitrogens is 2. The molecule has 1 unspecified atom stereocenters. The second-order valence-corrected chi connectivity index (χ2v) is 5.99. The van der Waals surface area contributed by atoms with E-state index in [2.05, 4.69) is 15.3 Å². The van der Waals surface area contributed by atoms with Gasteiger partial charge in [-0.15, -0.1) is 11.3 Å². The van der Waals surface area contributed by atoms with E-state index in [1.165, 1.54) is 0 Å². The van der Waals surface area contributed by atoms with Crippen LogP contribution in [-0.4, -0.2) is 40.4 Å². The van der Waals surface area contributed by atoms with Crippen LogP contribution >= 0.6 is 11.3 Å². The Hall–Kier alpha value is -1.89. The summed E-state index contributed by atoms with van der Waals surface area (Å²) in [6.07, 6.45) is 0.782.